The third-order valence-corrected chi connectivity index (χ3v) is 5.86. The highest BCUT2D eigenvalue weighted by atomic mass is 35.5. The maximum absolute atomic E-state index is 12.8. The molecule has 0 saturated carbocycles. The van der Waals surface area contributed by atoms with E-state index in [1.807, 2.05) is 0 Å². The van der Waals surface area contributed by atoms with Crippen molar-refractivity contribution in [3.8, 4) is 11.5 Å². The fraction of sp³-hybridized carbons (Fsp3) is 0.278. The highest BCUT2D eigenvalue weighted by Gasteiger charge is 2.22. The summed E-state index contributed by atoms with van der Waals surface area (Å²) >= 11 is 6.01. The molecule has 0 heterocycles. The van der Waals surface area contributed by atoms with E-state index in [0.717, 1.165) is 0 Å². The summed E-state index contributed by atoms with van der Waals surface area (Å²) in [5.74, 6) is 0.528. The second-order valence-corrected chi connectivity index (χ2v) is 8.10. The first-order valence-corrected chi connectivity index (χ1v) is 9.87. The lowest BCUT2D eigenvalue weighted by molar-refractivity contribution is -0.114. The summed E-state index contributed by atoms with van der Waals surface area (Å²) in [5.41, 5.74) is 0.284. The minimum Gasteiger partial charge on any atom is -0.495 e. The van der Waals surface area contributed by atoms with Crippen LogP contribution in [0.3, 0.4) is 0 Å². The van der Waals surface area contributed by atoms with Gasteiger partial charge in [-0.25, -0.2) is 8.42 Å². The quantitative estimate of drug-likeness (QED) is 0.720. The van der Waals surface area contributed by atoms with Gasteiger partial charge in [0.2, 0.25) is 15.9 Å². The average Bonchev–Trinajstić information content (AvgIpc) is 2.62. The predicted molar refractivity (Wildman–Crippen MR) is 104 cm³/mol. The largest absolute Gasteiger partial charge is 0.495 e. The number of para-hydroxylation sites is 1. The number of carbonyl (C=O) groups excluding carboxylic acids is 1. The molecule has 1 N–H and O–H groups in total. The van der Waals surface area contributed by atoms with Gasteiger partial charge in [-0.15, -0.1) is 0 Å². The van der Waals surface area contributed by atoms with Crippen molar-refractivity contribution in [3.05, 3.63) is 47.5 Å². The predicted octanol–water partition coefficient (Wildman–Crippen LogP) is 3.01. The highest BCUT2D eigenvalue weighted by Crippen LogP contribution is 2.29. The van der Waals surface area contributed by atoms with Gasteiger partial charge in [0.1, 0.15) is 18.1 Å². The van der Waals surface area contributed by atoms with E-state index in [2.05, 4.69) is 5.32 Å². The first-order valence-electron chi connectivity index (χ1n) is 8.05. The van der Waals surface area contributed by atoms with Crippen LogP contribution >= 0.6 is 11.6 Å². The number of benzene rings is 2. The molecule has 7 nitrogen and oxygen atoms in total. The summed E-state index contributed by atoms with van der Waals surface area (Å²) < 4.78 is 37.4. The van der Waals surface area contributed by atoms with Crippen LogP contribution < -0.4 is 14.8 Å². The van der Waals surface area contributed by atoms with E-state index >= 15 is 0 Å². The van der Waals surface area contributed by atoms with Crippen LogP contribution in [0.4, 0.5) is 5.69 Å². The molecule has 0 aliphatic carbocycles. The topological polar surface area (TPSA) is 84.9 Å². The van der Waals surface area contributed by atoms with Gasteiger partial charge >= 0.3 is 0 Å². The first-order chi connectivity index (χ1) is 12.8. The van der Waals surface area contributed by atoms with E-state index in [1.165, 1.54) is 43.6 Å². The lowest BCUT2D eigenvalue weighted by Gasteiger charge is -2.19. The number of ether oxygens (including phenoxy) is 2. The molecule has 2 rings (SSSR count). The summed E-state index contributed by atoms with van der Waals surface area (Å²) in [5, 5.41) is 3.02. The van der Waals surface area contributed by atoms with Crippen molar-refractivity contribution in [3.63, 3.8) is 0 Å². The molecule has 0 bridgehead atoms. The van der Waals surface area contributed by atoms with Crippen LogP contribution in [-0.2, 0) is 14.8 Å². The van der Waals surface area contributed by atoms with E-state index in [4.69, 9.17) is 21.1 Å². The van der Waals surface area contributed by atoms with Crippen LogP contribution in [0.5, 0.6) is 11.5 Å². The molecular weight excluding hydrogens is 392 g/mol. The van der Waals surface area contributed by atoms with Crippen LogP contribution in [0.1, 0.15) is 6.92 Å². The smallest absolute Gasteiger partial charge is 0.243 e. The van der Waals surface area contributed by atoms with Gasteiger partial charge in [-0.2, -0.15) is 4.31 Å². The van der Waals surface area contributed by atoms with Crippen molar-refractivity contribution in [2.24, 2.45) is 0 Å². The number of amides is 1. The van der Waals surface area contributed by atoms with Crippen LogP contribution in [0.2, 0.25) is 5.02 Å². The van der Waals surface area contributed by atoms with Crippen LogP contribution in [0, 0.1) is 0 Å². The van der Waals surface area contributed by atoms with Crippen LogP contribution in [-0.4, -0.2) is 45.9 Å². The second-order valence-electron chi connectivity index (χ2n) is 5.65. The van der Waals surface area contributed by atoms with Gasteiger partial charge in [-0.3, -0.25) is 4.79 Å². The molecule has 9 heteroatoms. The normalized spacial score (nSPS) is 11.3. The van der Waals surface area contributed by atoms with Crippen molar-refractivity contribution in [1.82, 2.24) is 4.31 Å². The lowest BCUT2D eigenvalue weighted by atomic mass is 10.3. The Morgan fingerprint density at radius 3 is 2.52 bits per heavy atom. The molecule has 1 amide bonds. The maximum atomic E-state index is 12.8. The number of carbonyl (C=O) groups is 1. The van der Waals surface area contributed by atoms with E-state index in [1.54, 1.807) is 24.3 Å². The lowest BCUT2D eigenvalue weighted by Crippen LogP contribution is -2.31. The number of likely N-dealkylation sites (N-methyl/N-ethyl adjacent to an activating group) is 1. The van der Waals surface area contributed by atoms with Gasteiger partial charge in [0, 0.05) is 20.5 Å². The number of rotatable bonds is 8. The second kappa shape index (κ2) is 9.07. The van der Waals surface area contributed by atoms with E-state index < -0.39 is 10.0 Å². The minimum atomic E-state index is -3.77. The first kappa shape index (κ1) is 21.0. The Balaban J connectivity index is 2.12. The zero-order chi connectivity index (χ0) is 20.0. The summed E-state index contributed by atoms with van der Waals surface area (Å²) in [6, 6.07) is 11.2. The highest BCUT2D eigenvalue weighted by molar-refractivity contribution is 7.89. The van der Waals surface area contributed by atoms with Crippen molar-refractivity contribution >= 4 is 33.2 Å². The number of methoxy groups -OCH3 is 1. The molecule has 0 spiro atoms. The van der Waals surface area contributed by atoms with Gasteiger partial charge in [0.15, 0.2) is 0 Å². The molecule has 27 heavy (non-hydrogen) atoms. The monoisotopic (exact) mass is 412 g/mol. The Kier molecular flexibility index (Phi) is 7.06. The van der Waals surface area contributed by atoms with Crippen LogP contribution in [0.25, 0.3) is 0 Å². The molecule has 0 radical (unpaired) electrons. The molecule has 2 aromatic rings. The molecule has 0 aliphatic rings. The van der Waals surface area contributed by atoms with Crippen molar-refractivity contribution in [1.29, 1.82) is 0 Å². The Bertz CT molecular complexity index is 918. The zero-order valence-electron chi connectivity index (χ0n) is 15.2. The standard InChI is InChI=1S/C18H21ClN2O5S/c1-13(22)20-16-12-14(8-9-18(16)25-3)27(23,24)21(2)10-11-26-17-7-5-4-6-15(17)19/h4-9,12H,10-11H2,1-3H3,(H,20,22). The molecule has 0 unspecified atom stereocenters. The SMILES string of the molecule is COc1ccc(S(=O)(=O)N(C)CCOc2ccccc2Cl)cc1NC(C)=O. The number of hydrogen-bond donors (Lipinski definition) is 1. The van der Waals surface area contributed by atoms with Gasteiger partial charge in [0.05, 0.1) is 22.7 Å². The molecule has 0 aromatic heterocycles. The van der Waals surface area contributed by atoms with E-state index in [-0.39, 0.29) is 29.6 Å². The van der Waals surface area contributed by atoms with Crippen LogP contribution in [0.15, 0.2) is 47.4 Å². The Morgan fingerprint density at radius 1 is 1.19 bits per heavy atom. The number of nitrogens with zero attached hydrogens (tertiary/aromatic N) is 1. The summed E-state index contributed by atoms with van der Waals surface area (Å²) in [7, 11) is -0.884. The molecule has 146 valence electrons. The summed E-state index contributed by atoms with van der Waals surface area (Å²) in [6.07, 6.45) is 0. The van der Waals surface area contributed by atoms with E-state index in [9.17, 15) is 13.2 Å². The number of nitrogens with one attached hydrogen (secondary N) is 1. The number of sulfonamides is 1. The van der Waals surface area contributed by atoms with Gasteiger partial charge < -0.3 is 14.8 Å². The van der Waals surface area contributed by atoms with Gasteiger partial charge in [-0.1, -0.05) is 23.7 Å². The van der Waals surface area contributed by atoms with Crippen molar-refractivity contribution in [2.45, 2.75) is 11.8 Å². The molecule has 2 aromatic carbocycles. The number of anilines is 1. The van der Waals surface area contributed by atoms with Gasteiger partial charge in [0.25, 0.3) is 0 Å². The fourth-order valence-corrected chi connectivity index (χ4v) is 3.65. The third-order valence-electron chi connectivity index (χ3n) is 3.69. The Hall–Kier alpha value is -2.29. The van der Waals surface area contributed by atoms with Crippen molar-refractivity contribution < 1.29 is 22.7 Å². The maximum Gasteiger partial charge on any atom is 0.243 e. The number of hydrogen-bond acceptors (Lipinski definition) is 5. The summed E-state index contributed by atoms with van der Waals surface area (Å²) in [4.78, 5) is 11.4. The Labute approximate surface area is 163 Å². The minimum absolute atomic E-state index is 0.0345. The van der Waals surface area contributed by atoms with Gasteiger partial charge in [-0.05, 0) is 30.3 Å². The van der Waals surface area contributed by atoms with Crippen molar-refractivity contribution in [2.75, 3.05) is 32.6 Å². The molecular formula is C18H21ClN2O5S. The molecule has 0 aliphatic heterocycles. The fourth-order valence-electron chi connectivity index (χ4n) is 2.28. The molecule has 0 atom stereocenters. The molecule has 0 fully saturated rings. The average molecular weight is 413 g/mol. The summed E-state index contributed by atoms with van der Waals surface area (Å²) in [6.45, 7) is 1.59. The molecule has 0 saturated heterocycles. The zero-order valence-corrected chi connectivity index (χ0v) is 16.8. The van der Waals surface area contributed by atoms with E-state index in [0.29, 0.717) is 16.5 Å². The third kappa shape index (κ3) is 5.35. The Morgan fingerprint density at radius 2 is 1.89 bits per heavy atom. The number of halogens is 1.